The van der Waals surface area contributed by atoms with Crippen LogP contribution in [-0.4, -0.2) is 47.8 Å². The second-order valence-electron chi connectivity index (χ2n) is 14.3. The molecule has 0 saturated carbocycles. The third-order valence-corrected chi connectivity index (χ3v) is 8.20. The van der Waals surface area contributed by atoms with E-state index in [1.54, 1.807) is 12.2 Å². The topological polar surface area (TPSA) is 173 Å². The Bertz CT molecular complexity index is 1330. The zero-order chi connectivity index (χ0) is 39.2. The summed E-state index contributed by atoms with van der Waals surface area (Å²) >= 11 is 0. The van der Waals surface area contributed by atoms with Gasteiger partial charge in [-0.05, 0) is 62.2 Å². The summed E-state index contributed by atoms with van der Waals surface area (Å²) in [6, 6.07) is 0. The van der Waals surface area contributed by atoms with Crippen LogP contribution in [0.4, 0.5) is 0 Å². The van der Waals surface area contributed by atoms with Gasteiger partial charge in [0.15, 0.2) is 0 Å². The second-order valence-corrected chi connectivity index (χ2v) is 14.3. The first-order valence-electron chi connectivity index (χ1n) is 18.1. The van der Waals surface area contributed by atoms with Gasteiger partial charge in [-0.2, -0.15) is 0 Å². The molecule has 4 heterocycles. The van der Waals surface area contributed by atoms with Gasteiger partial charge in [0.1, 0.15) is 0 Å². The Balaban J connectivity index is 0.000000387. The van der Waals surface area contributed by atoms with Crippen LogP contribution in [0.25, 0.3) is 0 Å². The van der Waals surface area contributed by atoms with Gasteiger partial charge in [0.2, 0.25) is 0 Å². The number of carbonyl (C=O) groups is 8. The number of esters is 8. The van der Waals surface area contributed by atoms with Gasteiger partial charge in [0.05, 0.1) is 37.0 Å². The quantitative estimate of drug-likeness (QED) is 0.0565. The summed E-state index contributed by atoms with van der Waals surface area (Å²) in [5.41, 5.74) is 0. The second kappa shape index (κ2) is 24.7. The molecule has 0 aromatic carbocycles. The predicted molar refractivity (Wildman–Crippen MR) is 191 cm³/mol. The lowest BCUT2D eigenvalue weighted by molar-refractivity contribution is -0.155. The minimum Gasteiger partial charge on any atom is -0.393 e. The van der Waals surface area contributed by atoms with Gasteiger partial charge in [0, 0.05) is 12.2 Å². The summed E-state index contributed by atoms with van der Waals surface area (Å²) in [6.07, 6.45) is 20.2. The number of carbonyl (C=O) groups excluding carboxylic acids is 8. The fourth-order valence-corrected chi connectivity index (χ4v) is 5.17. The molecule has 4 aliphatic heterocycles. The van der Waals surface area contributed by atoms with E-state index >= 15 is 0 Å². The highest BCUT2D eigenvalue weighted by Crippen LogP contribution is 2.31. The molecule has 12 heteroatoms. The maximum Gasteiger partial charge on any atom is 0.338 e. The van der Waals surface area contributed by atoms with Crippen molar-refractivity contribution >= 4 is 47.8 Å². The minimum atomic E-state index is -0.595. The van der Waals surface area contributed by atoms with Crippen LogP contribution < -0.4 is 0 Å². The lowest BCUT2D eigenvalue weighted by Crippen LogP contribution is -2.19. The standard InChI is InChI=1S/C16H20O6.C12H18O3.C8H16.C4H2O3/c1-9(2)3-4-10(12-8-14(18)22-16(12)20)5-6-11-7-13(17)21-15(11)19;1-9(2)6-4-3-5-7-10-8-11(13)15-12(10)14;1-4-5-6-7-8(2)3;5-3-1-2-4(6)7-3/h5-6,9-12H,3-4,7-8H2,1-2H3;3,5,9-10H,4,6-8H2,1-2H3;4,8H,1,5-7H2,2-3H3;1-2H. The highest BCUT2D eigenvalue weighted by atomic mass is 16.6. The summed E-state index contributed by atoms with van der Waals surface area (Å²) in [6.45, 7) is 16.7. The molecule has 4 aliphatic rings. The van der Waals surface area contributed by atoms with Gasteiger partial charge in [0.25, 0.3) is 0 Å². The lowest BCUT2D eigenvalue weighted by Gasteiger charge is -2.18. The first kappa shape index (κ1) is 45.5. The maximum absolute atomic E-state index is 11.8. The van der Waals surface area contributed by atoms with Gasteiger partial charge in [-0.1, -0.05) is 84.8 Å². The molecule has 288 valence electrons. The summed E-state index contributed by atoms with van der Waals surface area (Å²) in [4.78, 5) is 87.3. The smallest absolute Gasteiger partial charge is 0.338 e. The number of ether oxygens (including phenoxy) is 4. The van der Waals surface area contributed by atoms with Crippen LogP contribution in [0, 0.1) is 41.4 Å². The number of allylic oxidation sites excluding steroid dienone is 4. The largest absolute Gasteiger partial charge is 0.393 e. The van der Waals surface area contributed by atoms with Crippen molar-refractivity contribution < 1.29 is 57.3 Å². The van der Waals surface area contributed by atoms with Crippen molar-refractivity contribution in [2.75, 3.05) is 0 Å². The van der Waals surface area contributed by atoms with Crippen LogP contribution in [0.5, 0.6) is 0 Å². The summed E-state index contributed by atoms with van der Waals surface area (Å²) < 4.78 is 17.5. The molecule has 3 fully saturated rings. The van der Waals surface area contributed by atoms with Crippen LogP contribution >= 0.6 is 0 Å². The number of hydrogen-bond acceptors (Lipinski definition) is 12. The van der Waals surface area contributed by atoms with E-state index in [4.69, 9.17) is 0 Å². The first-order valence-corrected chi connectivity index (χ1v) is 18.1. The molecule has 0 aliphatic carbocycles. The monoisotopic (exact) mass is 728 g/mol. The Labute approximate surface area is 307 Å². The zero-order valence-corrected chi connectivity index (χ0v) is 31.5. The van der Waals surface area contributed by atoms with E-state index in [2.05, 4.69) is 73.1 Å². The average molecular weight is 729 g/mol. The van der Waals surface area contributed by atoms with E-state index in [-0.39, 0.29) is 43.0 Å². The van der Waals surface area contributed by atoms with Crippen molar-refractivity contribution in [3.05, 3.63) is 49.1 Å². The van der Waals surface area contributed by atoms with Crippen LogP contribution in [0.3, 0.4) is 0 Å². The number of cyclic esters (lactones) is 8. The Kier molecular flexibility index (Phi) is 21.6. The van der Waals surface area contributed by atoms with Crippen molar-refractivity contribution in [1.29, 1.82) is 0 Å². The number of unbranched alkanes of at least 4 members (excludes halogenated alkanes) is 1. The molecule has 52 heavy (non-hydrogen) atoms. The normalized spacial score (nSPS) is 21.5. The summed E-state index contributed by atoms with van der Waals surface area (Å²) in [5.74, 6) is -3.52. The van der Waals surface area contributed by atoms with E-state index in [1.807, 2.05) is 12.2 Å². The Morgan fingerprint density at radius 1 is 0.635 bits per heavy atom. The highest BCUT2D eigenvalue weighted by molar-refractivity contribution is 6.05. The Morgan fingerprint density at radius 3 is 1.63 bits per heavy atom. The molecule has 0 spiro atoms. The van der Waals surface area contributed by atoms with E-state index < -0.39 is 47.7 Å². The lowest BCUT2D eigenvalue weighted by atomic mass is 9.84. The van der Waals surface area contributed by atoms with Gasteiger partial charge >= 0.3 is 47.8 Å². The molecule has 0 radical (unpaired) electrons. The number of rotatable bonds is 15. The summed E-state index contributed by atoms with van der Waals surface area (Å²) in [7, 11) is 0. The van der Waals surface area contributed by atoms with Gasteiger partial charge < -0.3 is 18.9 Å². The van der Waals surface area contributed by atoms with Crippen LogP contribution in [0.15, 0.2) is 49.1 Å². The molecular weight excluding hydrogens is 672 g/mol. The molecule has 0 bridgehead atoms. The van der Waals surface area contributed by atoms with Crippen molar-refractivity contribution in [1.82, 2.24) is 0 Å². The van der Waals surface area contributed by atoms with Gasteiger partial charge in [-0.15, -0.1) is 6.58 Å². The fourth-order valence-electron chi connectivity index (χ4n) is 5.17. The van der Waals surface area contributed by atoms with E-state index in [0.29, 0.717) is 18.3 Å². The van der Waals surface area contributed by atoms with Crippen molar-refractivity contribution in [3.63, 3.8) is 0 Å². The zero-order valence-electron chi connectivity index (χ0n) is 31.5. The molecule has 0 N–H and O–H groups in total. The average Bonchev–Trinajstić information content (AvgIpc) is 3.79. The predicted octanol–water partition coefficient (Wildman–Crippen LogP) is 6.86. The van der Waals surface area contributed by atoms with Gasteiger partial charge in [-0.3, -0.25) is 28.8 Å². The van der Waals surface area contributed by atoms with E-state index in [0.717, 1.165) is 43.8 Å². The SMILES string of the molecule is C=CCCCC(C)C.CC(C)CCC(C=CC1CC(=O)OC1=O)C1CC(=O)OC1=O.CC(C)CCC=CCC1CC(=O)OC1=O.O=C1C=CC(=O)O1. The molecule has 4 unspecified atom stereocenters. The van der Waals surface area contributed by atoms with Crippen molar-refractivity contribution in [2.24, 2.45) is 41.4 Å². The minimum absolute atomic E-state index is 0.0281. The molecular formula is C40H56O12. The molecule has 3 saturated heterocycles. The third kappa shape index (κ3) is 19.8. The maximum atomic E-state index is 11.8. The van der Waals surface area contributed by atoms with E-state index in [1.165, 1.54) is 19.3 Å². The molecule has 0 aromatic heterocycles. The number of hydrogen-bond donors (Lipinski definition) is 0. The highest BCUT2D eigenvalue weighted by Gasteiger charge is 2.39. The molecule has 0 amide bonds. The van der Waals surface area contributed by atoms with Gasteiger partial charge in [-0.25, -0.2) is 9.59 Å². The third-order valence-electron chi connectivity index (χ3n) is 8.20. The fraction of sp³-hybridized carbons (Fsp3) is 0.600. The van der Waals surface area contributed by atoms with Crippen LogP contribution in [-0.2, 0) is 57.3 Å². The van der Waals surface area contributed by atoms with Crippen molar-refractivity contribution in [3.8, 4) is 0 Å². The Hall–Kier alpha value is -4.48. The molecule has 4 atom stereocenters. The molecule has 12 nitrogen and oxygen atoms in total. The first-order chi connectivity index (χ1) is 24.5. The summed E-state index contributed by atoms with van der Waals surface area (Å²) in [5, 5.41) is 0. The van der Waals surface area contributed by atoms with E-state index in [9.17, 15) is 38.4 Å². The van der Waals surface area contributed by atoms with Crippen LogP contribution in [0.1, 0.15) is 112 Å². The van der Waals surface area contributed by atoms with Crippen molar-refractivity contribution in [2.45, 2.75) is 112 Å². The molecule has 4 rings (SSSR count). The molecule has 0 aromatic rings. The van der Waals surface area contributed by atoms with Crippen LogP contribution in [0.2, 0.25) is 0 Å². The Morgan fingerprint density at radius 2 is 1.19 bits per heavy atom.